The number of nitrogens with two attached hydrogens (primary N) is 1. The first-order chi connectivity index (χ1) is 8.67. The van der Waals surface area contributed by atoms with Crippen molar-refractivity contribution in [2.45, 2.75) is 19.4 Å². The summed E-state index contributed by atoms with van der Waals surface area (Å²) in [7, 11) is 0. The molecule has 1 unspecified atom stereocenters. The minimum absolute atomic E-state index is 0.348. The Labute approximate surface area is 107 Å². The van der Waals surface area contributed by atoms with Crippen LogP contribution in [0, 0.1) is 0 Å². The molecule has 0 aromatic heterocycles. The third-order valence-electron chi connectivity index (χ3n) is 2.37. The summed E-state index contributed by atoms with van der Waals surface area (Å²) in [6, 6.07) is 7.27. The number of carboxylic acids is 1. The van der Waals surface area contributed by atoms with E-state index in [0.29, 0.717) is 26.2 Å². The van der Waals surface area contributed by atoms with Gasteiger partial charge in [0.15, 0.2) is 6.10 Å². The summed E-state index contributed by atoms with van der Waals surface area (Å²) >= 11 is 0. The van der Waals surface area contributed by atoms with Gasteiger partial charge in [-0.25, -0.2) is 4.79 Å². The number of aliphatic carboxylic acids is 1. The Morgan fingerprint density at radius 3 is 2.56 bits per heavy atom. The quantitative estimate of drug-likeness (QED) is 0.724. The van der Waals surface area contributed by atoms with Gasteiger partial charge in [-0.05, 0) is 24.6 Å². The van der Waals surface area contributed by atoms with Crippen molar-refractivity contribution in [1.29, 1.82) is 0 Å². The summed E-state index contributed by atoms with van der Waals surface area (Å²) in [6.07, 6.45) is -0.453. The predicted molar refractivity (Wildman–Crippen MR) is 67.7 cm³/mol. The van der Waals surface area contributed by atoms with Crippen molar-refractivity contribution in [1.82, 2.24) is 0 Å². The van der Waals surface area contributed by atoms with Gasteiger partial charge < -0.3 is 20.3 Å². The molecule has 3 N–H and O–H groups in total. The average molecular weight is 253 g/mol. The van der Waals surface area contributed by atoms with Gasteiger partial charge in [0.05, 0.1) is 0 Å². The minimum Gasteiger partial charge on any atom is -0.492 e. The fourth-order valence-electron chi connectivity index (χ4n) is 1.53. The highest BCUT2D eigenvalue weighted by Gasteiger charge is 2.17. The van der Waals surface area contributed by atoms with Gasteiger partial charge in [-0.3, -0.25) is 0 Å². The van der Waals surface area contributed by atoms with Crippen LogP contribution in [0.4, 0.5) is 0 Å². The second kappa shape index (κ2) is 7.68. The van der Waals surface area contributed by atoms with E-state index in [9.17, 15) is 4.79 Å². The maximum absolute atomic E-state index is 10.9. The molecular weight excluding hydrogens is 234 g/mol. The lowest BCUT2D eigenvalue weighted by Gasteiger charge is -2.12. The van der Waals surface area contributed by atoms with E-state index < -0.39 is 12.1 Å². The molecule has 1 rings (SSSR count). The molecule has 0 spiro atoms. The number of carbonyl (C=O) groups is 1. The number of hydrogen-bond donors (Lipinski definition) is 2. The van der Waals surface area contributed by atoms with Gasteiger partial charge in [-0.15, -0.1) is 0 Å². The fraction of sp³-hybridized carbons (Fsp3) is 0.462. The van der Waals surface area contributed by atoms with E-state index >= 15 is 0 Å². The van der Waals surface area contributed by atoms with E-state index in [-0.39, 0.29) is 0 Å². The monoisotopic (exact) mass is 253 g/mol. The molecule has 5 heteroatoms. The molecule has 5 nitrogen and oxygen atoms in total. The van der Waals surface area contributed by atoms with Crippen LogP contribution in [0.2, 0.25) is 0 Å². The van der Waals surface area contributed by atoms with Crippen molar-refractivity contribution >= 4 is 5.97 Å². The highest BCUT2D eigenvalue weighted by Crippen LogP contribution is 2.14. The third kappa shape index (κ3) is 4.73. The van der Waals surface area contributed by atoms with Crippen molar-refractivity contribution in [3.05, 3.63) is 29.8 Å². The Balaban J connectivity index is 2.58. The molecule has 1 aromatic carbocycles. The molecule has 100 valence electrons. The molecule has 0 amide bonds. The SMILES string of the molecule is CCOC(Cc1ccc(OCCN)cc1)C(=O)O. The highest BCUT2D eigenvalue weighted by atomic mass is 16.5. The molecule has 0 radical (unpaired) electrons. The molecule has 1 aromatic rings. The van der Waals surface area contributed by atoms with E-state index in [1.807, 2.05) is 12.1 Å². The summed E-state index contributed by atoms with van der Waals surface area (Å²) in [6.45, 7) is 3.09. The number of benzene rings is 1. The van der Waals surface area contributed by atoms with Crippen LogP contribution in [0.25, 0.3) is 0 Å². The first-order valence-electron chi connectivity index (χ1n) is 5.93. The van der Waals surface area contributed by atoms with Crippen molar-refractivity contribution < 1.29 is 19.4 Å². The van der Waals surface area contributed by atoms with Gasteiger partial charge in [-0.2, -0.15) is 0 Å². The Kier molecular flexibility index (Phi) is 6.18. The number of rotatable bonds is 8. The Hall–Kier alpha value is -1.59. The molecule has 18 heavy (non-hydrogen) atoms. The van der Waals surface area contributed by atoms with Gasteiger partial charge in [0.1, 0.15) is 12.4 Å². The Morgan fingerprint density at radius 2 is 2.06 bits per heavy atom. The van der Waals surface area contributed by atoms with E-state index in [1.165, 1.54) is 0 Å². The van der Waals surface area contributed by atoms with Gasteiger partial charge in [0, 0.05) is 19.6 Å². The van der Waals surface area contributed by atoms with Crippen LogP contribution in [0.1, 0.15) is 12.5 Å². The zero-order valence-corrected chi connectivity index (χ0v) is 10.5. The second-order valence-electron chi connectivity index (χ2n) is 3.77. The lowest BCUT2D eigenvalue weighted by molar-refractivity contribution is -0.149. The van der Waals surface area contributed by atoms with Crippen LogP contribution in [0.3, 0.4) is 0 Å². The van der Waals surface area contributed by atoms with E-state index in [0.717, 1.165) is 11.3 Å². The topological polar surface area (TPSA) is 81.8 Å². The van der Waals surface area contributed by atoms with E-state index in [1.54, 1.807) is 19.1 Å². The summed E-state index contributed by atoms with van der Waals surface area (Å²) in [5, 5.41) is 8.97. The minimum atomic E-state index is -0.944. The van der Waals surface area contributed by atoms with Crippen LogP contribution in [0.15, 0.2) is 24.3 Å². The number of hydrogen-bond acceptors (Lipinski definition) is 4. The normalized spacial score (nSPS) is 12.1. The van der Waals surface area contributed by atoms with Crippen LogP contribution in [-0.2, 0) is 16.0 Å². The summed E-state index contributed by atoms with van der Waals surface area (Å²) in [5.41, 5.74) is 6.23. The van der Waals surface area contributed by atoms with Gasteiger partial charge >= 0.3 is 5.97 Å². The third-order valence-corrected chi connectivity index (χ3v) is 2.37. The number of carboxylic acid groups (broad SMARTS) is 1. The fourth-order valence-corrected chi connectivity index (χ4v) is 1.53. The molecule has 1 atom stereocenters. The second-order valence-corrected chi connectivity index (χ2v) is 3.77. The van der Waals surface area contributed by atoms with Gasteiger partial charge in [0.2, 0.25) is 0 Å². The van der Waals surface area contributed by atoms with Crippen molar-refractivity contribution in [3.63, 3.8) is 0 Å². The Morgan fingerprint density at radius 1 is 1.39 bits per heavy atom. The molecule has 0 aliphatic carbocycles. The first kappa shape index (κ1) is 14.5. The first-order valence-corrected chi connectivity index (χ1v) is 5.93. The smallest absolute Gasteiger partial charge is 0.333 e. The zero-order chi connectivity index (χ0) is 13.4. The van der Waals surface area contributed by atoms with E-state index in [2.05, 4.69) is 0 Å². The summed E-state index contributed by atoms with van der Waals surface area (Å²) < 4.78 is 10.5. The maximum atomic E-state index is 10.9. The van der Waals surface area contributed by atoms with Crippen molar-refractivity contribution in [2.24, 2.45) is 5.73 Å². The highest BCUT2D eigenvalue weighted by molar-refractivity contribution is 5.72. The molecule has 0 fully saturated rings. The maximum Gasteiger partial charge on any atom is 0.333 e. The lowest BCUT2D eigenvalue weighted by atomic mass is 10.1. The molecular formula is C13H19NO4. The lowest BCUT2D eigenvalue weighted by Crippen LogP contribution is -2.26. The molecule has 0 saturated carbocycles. The van der Waals surface area contributed by atoms with Gasteiger partial charge in [-0.1, -0.05) is 12.1 Å². The van der Waals surface area contributed by atoms with Crippen LogP contribution < -0.4 is 10.5 Å². The molecule has 0 saturated heterocycles. The molecule has 0 bridgehead atoms. The van der Waals surface area contributed by atoms with Gasteiger partial charge in [0.25, 0.3) is 0 Å². The standard InChI is InChI=1S/C13H19NO4/c1-2-17-12(13(15)16)9-10-3-5-11(6-4-10)18-8-7-14/h3-6,12H,2,7-9,14H2,1H3,(H,15,16). The van der Waals surface area contributed by atoms with Crippen molar-refractivity contribution in [3.8, 4) is 5.75 Å². The van der Waals surface area contributed by atoms with Crippen LogP contribution in [-0.4, -0.2) is 36.9 Å². The molecule has 0 aliphatic heterocycles. The zero-order valence-electron chi connectivity index (χ0n) is 10.5. The van der Waals surface area contributed by atoms with E-state index in [4.69, 9.17) is 20.3 Å². The summed E-state index contributed by atoms with van der Waals surface area (Å²) in [5.74, 6) is -0.215. The van der Waals surface area contributed by atoms with Crippen LogP contribution >= 0.6 is 0 Å². The predicted octanol–water partition coefficient (Wildman–Crippen LogP) is 1.06. The van der Waals surface area contributed by atoms with Crippen molar-refractivity contribution in [2.75, 3.05) is 19.8 Å². The Bertz CT molecular complexity index is 364. The van der Waals surface area contributed by atoms with Crippen LogP contribution in [0.5, 0.6) is 5.75 Å². The molecule has 0 aliphatic rings. The number of ether oxygens (including phenoxy) is 2. The molecule has 0 heterocycles. The average Bonchev–Trinajstić information content (AvgIpc) is 2.37. The summed E-state index contributed by atoms with van der Waals surface area (Å²) in [4.78, 5) is 10.9. The largest absolute Gasteiger partial charge is 0.492 e.